The molecule has 3 nitrogen and oxygen atoms in total. The van der Waals surface area contributed by atoms with E-state index in [9.17, 15) is 0 Å². The molecule has 6 aromatic carbocycles. The van der Waals surface area contributed by atoms with Crippen molar-refractivity contribution in [3.05, 3.63) is 133 Å². The molecule has 0 spiro atoms. The molecule has 0 fully saturated rings. The Bertz CT molecular complexity index is 2490. The molecule has 0 unspecified atom stereocenters. The van der Waals surface area contributed by atoms with Gasteiger partial charge >= 0.3 is 0 Å². The Labute approximate surface area is 237 Å². The Morgan fingerprint density at radius 1 is 0.600 bits per heavy atom. The van der Waals surface area contributed by atoms with Gasteiger partial charge in [0.25, 0.3) is 0 Å². The van der Waals surface area contributed by atoms with E-state index >= 15 is 0 Å². The van der Waals surface area contributed by atoms with Crippen LogP contribution in [0.15, 0.2) is 138 Å². The number of hydrogen-bond donors (Lipinski definition) is 0. The summed E-state index contributed by atoms with van der Waals surface area (Å²) >= 11 is 0. The summed E-state index contributed by atoms with van der Waals surface area (Å²) in [6.45, 7) is 0. The van der Waals surface area contributed by atoms with Gasteiger partial charge in [0.05, 0.1) is 23.6 Å². The Balaban J connectivity index is 1.27. The number of hydrogen-bond acceptors (Lipinski definition) is 2. The third-order valence-electron chi connectivity index (χ3n) is 7.87. The van der Waals surface area contributed by atoms with Crippen LogP contribution in [-0.4, -0.2) is 9.55 Å². The molecule has 40 heavy (non-hydrogen) atoms. The van der Waals surface area contributed by atoms with E-state index in [-0.39, 0.29) is 29.7 Å². The molecule has 0 N–H and O–H groups in total. The van der Waals surface area contributed by atoms with E-state index in [4.69, 9.17) is 16.3 Å². The standard InChI is InChI=1S/C37H22N2O/c1-3-10-23(11-4-1)25-18-20-33-30(22-25)26-14-7-8-17-31(26)39(33)32-21-19-28-34-27(32)15-9-16-29(34)36-35(28)38-37(40-36)24-12-5-2-6-13-24/h1-22H/i1D,3D,4D,10D,11D. The molecular formula is C37H22N2O. The molecule has 2 aromatic heterocycles. The van der Waals surface area contributed by atoms with Crippen LogP contribution < -0.4 is 0 Å². The van der Waals surface area contributed by atoms with Gasteiger partial charge in [-0.05, 0) is 53.6 Å². The van der Waals surface area contributed by atoms with Gasteiger partial charge < -0.3 is 8.98 Å². The Kier molecular flexibility index (Phi) is 3.47. The average Bonchev–Trinajstić information content (AvgIpc) is 3.74. The topological polar surface area (TPSA) is 31.0 Å². The van der Waals surface area contributed by atoms with Gasteiger partial charge in [-0.1, -0.05) is 90.9 Å². The number of nitrogens with zero attached hydrogens (tertiary/aromatic N) is 2. The molecular weight excluding hydrogens is 488 g/mol. The van der Waals surface area contributed by atoms with Gasteiger partial charge in [-0.15, -0.1) is 0 Å². The van der Waals surface area contributed by atoms with Gasteiger partial charge in [0.2, 0.25) is 5.89 Å². The van der Waals surface area contributed by atoms with Crippen LogP contribution in [0, 0.1) is 0 Å². The fraction of sp³-hybridized carbons (Fsp3) is 0. The van der Waals surface area contributed by atoms with Crippen LogP contribution in [0.2, 0.25) is 0 Å². The Morgan fingerprint density at radius 2 is 1.40 bits per heavy atom. The van der Waals surface area contributed by atoms with Crippen molar-refractivity contribution in [3.63, 3.8) is 0 Å². The number of rotatable bonds is 3. The molecule has 0 bridgehead atoms. The van der Waals surface area contributed by atoms with Crippen LogP contribution in [0.1, 0.15) is 6.85 Å². The second-order valence-corrected chi connectivity index (χ2v) is 10.0. The quantitative estimate of drug-likeness (QED) is 0.234. The zero-order valence-electron chi connectivity index (χ0n) is 26.1. The normalized spacial score (nSPS) is 13.8. The summed E-state index contributed by atoms with van der Waals surface area (Å²) in [7, 11) is 0. The average molecular weight is 516 g/mol. The summed E-state index contributed by atoms with van der Waals surface area (Å²) in [4.78, 5) is 4.92. The van der Waals surface area contributed by atoms with Crippen molar-refractivity contribution >= 4 is 32.6 Å². The van der Waals surface area contributed by atoms with Gasteiger partial charge in [-0.2, -0.15) is 0 Å². The zero-order chi connectivity index (χ0) is 30.6. The molecule has 186 valence electrons. The predicted molar refractivity (Wildman–Crippen MR) is 164 cm³/mol. The molecule has 0 radical (unpaired) electrons. The molecule has 9 rings (SSSR count). The third kappa shape index (κ3) is 2.92. The lowest BCUT2D eigenvalue weighted by Gasteiger charge is -2.13. The van der Waals surface area contributed by atoms with E-state index in [0.29, 0.717) is 11.5 Å². The number of oxazole rings is 1. The van der Waals surface area contributed by atoms with Crippen LogP contribution >= 0.6 is 0 Å². The van der Waals surface area contributed by atoms with E-state index in [1.165, 1.54) is 0 Å². The lowest BCUT2D eigenvalue weighted by molar-refractivity contribution is 0.590. The fourth-order valence-corrected chi connectivity index (χ4v) is 6.14. The van der Waals surface area contributed by atoms with Gasteiger partial charge in [-0.25, -0.2) is 4.98 Å². The molecule has 2 heterocycles. The molecule has 0 atom stereocenters. The fourth-order valence-electron chi connectivity index (χ4n) is 6.14. The zero-order valence-corrected chi connectivity index (χ0v) is 21.1. The van der Waals surface area contributed by atoms with Crippen LogP contribution in [0.5, 0.6) is 0 Å². The van der Waals surface area contributed by atoms with E-state index in [1.807, 2.05) is 60.7 Å². The maximum absolute atomic E-state index is 8.53. The largest absolute Gasteiger partial charge is 0.435 e. The number of fused-ring (bicyclic) bond motifs is 6. The Hall–Kier alpha value is -5.41. The molecule has 0 saturated carbocycles. The SMILES string of the molecule is [2H]c1c([2H])c([2H])c(-c2ccc3c(c2)c2ccccc2n3-c2ccc3c4c(cccc24)-c2oc(-c4ccccc4)nc2-3)c([2H])c1[2H]. The lowest BCUT2D eigenvalue weighted by Crippen LogP contribution is -1.96. The van der Waals surface area contributed by atoms with Crippen molar-refractivity contribution in [1.82, 2.24) is 9.55 Å². The summed E-state index contributed by atoms with van der Waals surface area (Å²) in [5.41, 5.74) is 7.56. The summed E-state index contributed by atoms with van der Waals surface area (Å²) in [6, 6.07) is 32.8. The van der Waals surface area contributed by atoms with Gasteiger partial charge in [0, 0.05) is 38.2 Å². The molecule has 0 saturated heterocycles. The van der Waals surface area contributed by atoms with Crippen molar-refractivity contribution in [2.75, 3.05) is 0 Å². The molecule has 1 aliphatic rings. The van der Waals surface area contributed by atoms with Gasteiger partial charge in [-0.3, -0.25) is 0 Å². The molecule has 1 aliphatic carbocycles. The monoisotopic (exact) mass is 515 g/mol. The van der Waals surface area contributed by atoms with Crippen LogP contribution in [0.25, 0.3) is 83.4 Å². The van der Waals surface area contributed by atoms with E-state index in [2.05, 4.69) is 47.0 Å². The smallest absolute Gasteiger partial charge is 0.227 e. The maximum Gasteiger partial charge on any atom is 0.227 e. The second kappa shape index (κ2) is 8.05. The van der Waals surface area contributed by atoms with Crippen molar-refractivity contribution in [2.45, 2.75) is 0 Å². The first-order valence-electron chi connectivity index (χ1n) is 15.7. The van der Waals surface area contributed by atoms with Crippen LogP contribution in [-0.2, 0) is 0 Å². The van der Waals surface area contributed by atoms with Crippen molar-refractivity contribution in [2.24, 2.45) is 0 Å². The highest BCUT2D eigenvalue weighted by Gasteiger charge is 2.29. The number of benzene rings is 6. The number of aromatic nitrogens is 2. The van der Waals surface area contributed by atoms with Gasteiger partial charge in [0.1, 0.15) is 5.69 Å². The summed E-state index contributed by atoms with van der Waals surface area (Å²) in [6.07, 6.45) is 0. The minimum absolute atomic E-state index is 0.195. The highest BCUT2D eigenvalue weighted by atomic mass is 16.4. The van der Waals surface area contributed by atoms with Crippen molar-refractivity contribution in [1.29, 1.82) is 0 Å². The molecule has 0 amide bonds. The highest BCUT2D eigenvalue weighted by molar-refractivity contribution is 6.17. The summed E-state index contributed by atoms with van der Waals surface area (Å²) in [5, 5.41) is 4.10. The van der Waals surface area contributed by atoms with Crippen LogP contribution in [0.3, 0.4) is 0 Å². The van der Waals surface area contributed by atoms with E-state index < -0.39 is 6.04 Å². The minimum Gasteiger partial charge on any atom is -0.435 e. The van der Waals surface area contributed by atoms with Gasteiger partial charge in [0.15, 0.2) is 5.76 Å². The van der Waals surface area contributed by atoms with E-state index in [0.717, 1.165) is 66.4 Å². The summed E-state index contributed by atoms with van der Waals surface area (Å²) in [5.74, 6) is 1.38. The first-order valence-corrected chi connectivity index (χ1v) is 13.2. The first kappa shape index (κ1) is 17.2. The summed E-state index contributed by atoms with van der Waals surface area (Å²) < 4.78 is 50.0. The predicted octanol–water partition coefficient (Wildman–Crippen LogP) is 9.91. The molecule has 0 aliphatic heterocycles. The Morgan fingerprint density at radius 3 is 2.30 bits per heavy atom. The number of para-hydroxylation sites is 1. The van der Waals surface area contributed by atoms with Crippen LogP contribution in [0.4, 0.5) is 0 Å². The molecule has 8 aromatic rings. The second-order valence-electron chi connectivity index (χ2n) is 10.0. The van der Waals surface area contributed by atoms with Crippen molar-refractivity contribution < 1.29 is 11.3 Å². The van der Waals surface area contributed by atoms with Crippen molar-refractivity contribution in [3.8, 4) is 50.8 Å². The highest BCUT2D eigenvalue weighted by Crippen LogP contribution is 2.50. The lowest BCUT2D eigenvalue weighted by atomic mass is 10.0. The minimum atomic E-state index is -0.397. The first-order chi connectivity index (χ1) is 21.9. The third-order valence-corrected chi connectivity index (χ3v) is 7.87. The van der Waals surface area contributed by atoms with E-state index in [1.54, 1.807) is 0 Å². The maximum atomic E-state index is 8.53. The molecule has 3 heteroatoms.